The SMILES string of the molecule is CCCCCCCC(C)CCOCCOCCOCCOCCOCCO. The van der Waals surface area contributed by atoms with Crippen molar-refractivity contribution in [2.45, 2.75) is 58.8 Å². The van der Waals surface area contributed by atoms with Crippen molar-refractivity contribution in [1.29, 1.82) is 0 Å². The Morgan fingerprint density at radius 2 is 1.00 bits per heavy atom. The molecule has 0 radical (unpaired) electrons. The van der Waals surface area contributed by atoms with Crippen molar-refractivity contribution >= 4 is 0 Å². The third kappa shape index (κ3) is 23.7. The van der Waals surface area contributed by atoms with Crippen LogP contribution in [-0.2, 0) is 23.7 Å². The number of aliphatic hydroxyl groups excluding tert-OH is 1. The Hall–Kier alpha value is -0.240. The van der Waals surface area contributed by atoms with Crippen LogP contribution < -0.4 is 0 Å². The first-order chi connectivity index (χ1) is 13.3. The maximum Gasteiger partial charge on any atom is 0.0701 e. The van der Waals surface area contributed by atoms with Crippen molar-refractivity contribution in [3.05, 3.63) is 0 Å². The van der Waals surface area contributed by atoms with Gasteiger partial charge in [0.15, 0.2) is 0 Å². The van der Waals surface area contributed by atoms with Crippen LogP contribution in [0.25, 0.3) is 0 Å². The molecule has 0 spiro atoms. The maximum absolute atomic E-state index is 8.54. The molecule has 0 aliphatic rings. The number of hydrogen-bond acceptors (Lipinski definition) is 6. The molecular formula is C21H44O6. The summed E-state index contributed by atoms with van der Waals surface area (Å²) in [6, 6.07) is 0. The first kappa shape index (κ1) is 26.8. The van der Waals surface area contributed by atoms with Crippen LogP contribution in [0, 0.1) is 5.92 Å². The summed E-state index contributed by atoms with van der Waals surface area (Å²) in [5.41, 5.74) is 0. The topological polar surface area (TPSA) is 66.4 Å². The molecule has 0 saturated heterocycles. The molecule has 0 aromatic heterocycles. The highest BCUT2D eigenvalue weighted by Crippen LogP contribution is 2.14. The van der Waals surface area contributed by atoms with Crippen LogP contribution in [0.3, 0.4) is 0 Å². The molecule has 27 heavy (non-hydrogen) atoms. The Bertz CT molecular complexity index is 265. The molecule has 1 atom stereocenters. The first-order valence-electron chi connectivity index (χ1n) is 10.8. The summed E-state index contributed by atoms with van der Waals surface area (Å²) in [5, 5.41) is 8.54. The Labute approximate surface area is 166 Å². The van der Waals surface area contributed by atoms with E-state index >= 15 is 0 Å². The number of ether oxygens (including phenoxy) is 5. The normalized spacial score (nSPS) is 12.6. The highest BCUT2D eigenvalue weighted by Gasteiger charge is 2.02. The molecule has 0 amide bonds. The van der Waals surface area contributed by atoms with Gasteiger partial charge < -0.3 is 28.8 Å². The molecule has 6 heteroatoms. The van der Waals surface area contributed by atoms with Crippen LogP contribution in [0.1, 0.15) is 58.8 Å². The number of hydrogen-bond donors (Lipinski definition) is 1. The van der Waals surface area contributed by atoms with E-state index in [1.165, 1.54) is 38.5 Å². The van der Waals surface area contributed by atoms with Crippen LogP contribution in [0.2, 0.25) is 0 Å². The second-order valence-electron chi connectivity index (χ2n) is 6.88. The molecule has 164 valence electrons. The third-order valence-electron chi connectivity index (χ3n) is 4.28. The highest BCUT2D eigenvalue weighted by atomic mass is 16.6. The minimum absolute atomic E-state index is 0.0481. The zero-order chi connectivity index (χ0) is 19.8. The van der Waals surface area contributed by atoms with E-state index in [9.17, 15) is 0 Å². The Morgan fingerprint density at radius 3 is 1.48 bits per heavy atom. The van der Waals surface area contributed by atoms with Gasteiger partial charge in [-0.2, -0.15) is 0 Å². The van der Waals surface area contributed by atoms with Crippen LogP contribution in [-0.4, -0.2) is 77.8 Å². The van der Waals surface area contributed by atoms with Crippen LogP contribution in [0.5, 0.6) is 0 Å². The van der Waals surface area contributed by atoms with Crippen molar-refractivity contribution in [2.75, 3.05) is 72.7 Å². The lowest BCUT2D eigenvalue weighted by molar-refractivity contribution is -0.0138. The van der Waals surface area contributed by atoms with Crippen molar-refractivity contribution in [3.8, 4) is 0 Å². The van der Waals surface area contributed by atoms with Gasteiger partial charge >= 0.3 is 0 Å². The molecule has 0 bridgehead atoms. The summed E-state index contributed by atoms with van der Waals surface area (Å²) in [6.45, 7) is 10.4. The first-order valence-corrected chi connectivity index (χ1v) is 10.8. The van der Waals surface area contributed by atoms with Gasteiger partial charge in [-0.1, -0.05) is 52.4 Å². The molecule has 0 aliphatic heterocycles. The van der Waals surface area contributed by atoms with Gasteiger partial charge in [-0.25, -0.2) is 0 Å². The lowest BCUT2D eigenvalue weighted by atomic mass is 10.00. The molecule has 0 aromatic carbocycles. The van der Waals surface area contributed by atoms with Gasteiger partial charge in [0.1, 0.15) is 0 Å². The van der Waals surface area contributed by atoms with Gasteiger partial charge in [0.05, 0.1) is 66.1 Å². The van der Waals surface area contributed by atoms with E-state index in [0.29, 0.717) is 59.5 Å². The summed E-state index contributed by atoms with van der Waals surface area (Å²) < 4.78 is 26.9. The molecule has 0 fully saturated rings. The predicted octanol–water partition coefficient (Wildman–Crippen LogP) is 3.45. The van der Waals surface area contributed by atoms with Crippen molar-refractivity contribution < 1.29 is 28.8 Å². The van der Waals surface area contributed by atoms with Gasteiger partial charge in [0.2, 0.25) is 0 Å². The standard InChI is InChI=1S/C21H44O6/c1-3-4-5-6-7-8-21(2)9-11-23-13-15-25-17-19-27-20-18-26-16-14-24-12-10-22/h21-22H,3-20H2,1-2H3. The van der Waals surface area contributed by atoms with E-state index in [0.717, 1.165) is 18.9 Å². The van der Waals surface area contributed by atoms with Crippen LogP contribution in [0.4, 0.5) is 0 Å². The van der Waals surface area contributed by atoms with Crippen molar-refractivity contribution in [1.82, 2.24) is 0 Å². The Balaban J connectivity index is 3.08. The van der Waals surface area contributed by atoms with E-state index < -0.39 is 0 Å². The molecule has 6 nitrogen and oxygen atoms in total. The molecule has 1 unspecified atom stereocenters. The summed E-state index contributed by atoms with van der Waals surface area (Å²) >= 11 is 0. The second kappa shape index (κ2) is 23.8. The van der Waals surface area contributed by atoms with Gasteiger partial charge in [0, 0.05) is 6.61 Å². The van der Waals surface area contributed by atoms with E-state index in [4.69, 9.17) is 28.8 Å². The maximum atomic E-state index is 8.54. The summed E-state index contributed by atoms with van der Waals surface area (Å²) in [5.74, 6) is 0.754. The summed E-state index contributed by atoms with van der Waals surface area (Å²) in [6.07, 6.45) is 9.26. The van der Waals surface area contributed by atoms with Crippen molar-refractivity contribution in [3.63, 3.8) is 0 Å². The van der Waals surface area contributed by atoms with Gasteiger partial charge in [-0.05, 0) is 12.3 Å². The Morgan fingerprint density at radius 1 is 0.556 bits per heavy atom. The molecule has 0 heterocycles. The minimum Gasteiger partial charge on any atom is -0.394 e. The fourth-order valence-corrected chi connectivity index (χ4v) is 2.57. The fourth-order valence-electron chi connectivity index (χ4n) is 2.57. The highest BCUT2D eigenvalue weighted by molar-refractivity contribution is 4.54. The monoisotopic (exact) mass is 392 g/mol. The Kier molecular flexibility index (Phi) is 23.6. The predicted molar refractivity (Wildman–Crippen MR) is 108 cm³/mol. The quantitative estimate of drug-likeness (QED) is 0.269. The third-order valence-corrected chi connectivity index (χ3v) is 4.28. The number of aliphatic hydroxyl groups is 1. The van der Waals surface area contributed by atoms with E-state index in [1.54, 1.807) is 0 Å². The molecule has 0 aliphatic carbocycles. The average molecular weight is 393 g/mol. The number of unbranched alkanes of at least 4 members (excludes halogenated alkanes) is 4. The van der Waals surface area contributed by atoms with Gasteiger partial charge in [-0.3, -0.25) is 0 Å². The lowest BCUT2D eigenvalue weighted by Gasteiger charge is -2.11. The molecular weight excluding hydrogens is 348 g/mol. The largest absolute Gasteiger partial charge is 0.394 e. The lowest BCUT2D eigenvalue weighted by Crippen LogP contribution is -2.14. The molecule has 0 aromatic rings. The van der Waals surface area contributed by atoms with Gasteiger partial charge in [-0.15, -0.1) is 0 Å². The average Bonchev–Trinajstić information content (AvgIpc) is 2.67. The second-order valence-corrected chi connectivity index (χ2v) is 6.88. The van der Waals surface area contributed by atoms with E-state index in [1.807, 2.05) is 0 Å². The molecule has 0 rings (SSSR count). The zero-order valence-corrected chi connectivity index (χ0v) is 17.8. The van der Waals surface area contributed by atoms with E-state index in [2.05, 4.69) is 13.8 Å². The zero-order valence-electron chi connectivity index (χ0n) is 17.8. The van der Waals surface area contributed by atoms with E-state index in [-0.39, 0.29) is 6.61 Å². The van der Waals surface area contributed by atoms with Crippen LogP contribution >= 0.6 is 0 Å². The fraction of sp³-hybridized carbons (Fsp3) is 1.00. The minimum atomic E-state index is 0.0481. The molecule has 1 N–H and O–H groups in total. The smallest absolute Gasteiger partial charge is 0.0701 e. The molecule has 0 saturated carbocycles. The summed E-state index contributed by atoms with van der Waals surface area (Å²) in [4.78, 5) is 0. The van der Waals surface area contributed by atoms with Crippen LogP contribution in [0.15, 0.2) is 0 Å². The van der Waals surface area contributed by atoms with Crippen molar-refractivity contribution in [2.24, 2.45) is 5.92 Å². The van der Waals surface area contributed by atoms with Gasteiger partial charge in [0.25, 0.3) is 0 Å². The number of rotatable bonds is 23. The summed E-state index contributed by atoms with van der Waals surface area (Å²) in [7, 11) is 0.